The summed E-state index contributed by atoms with van der Waals surface area (Å²) in [6, 6.07) is 5.86. The van der Waals surface area contributed by atoms with Crippen LogP contribution in [0.1, 0.15) is 42.6 Å². The molecule has 18 heavy (non-hydrogen) atoms. The molecule has 0 saturated heterocycles. The summed E-state index contributed by atoms with van der Waals surface area (Å²) < 4.78 is 0. The third-order valence-electron chi connectivity index (χ3n) is 3.25. The number of carbonyl (C=O) groups excluding carboxylic acids is 1. The second-order valence-corrected chi connectivity index (χ2v) is 4.75. The fourth-order valence-electron chi connectivity index (χ4n) is 1.97. The van der Waals surface area contributed by atoms with Gasteiger partial charge in [0.1, 0.15) is 0 Å². The Balaban J connectivity index is 2.96. The number of nitrogens with zero attached hydrogens (tertiary/aromatic N) is 1. The summed E-state index contributed by atoms with van der Waals surface area (Å²) in [7, 11) is 1.84. The Hall–Kier alpha value is -1.55. The maximum absolute atomic E-state index is 12.4. The number of nitrogens with one attached hydrogen (secondary N) is 1. The van der Waals surface area contributed by atoms with Crippen LogP contribution >= 0.6 is 0 Å². The molecule has 0 spiro atoms. The highest BCUT2D eigenvalue weighted by Gasteiger charge is 2.19. The SMILES string of the molecule is CCCC(C)N(C)C(=O)c1ccc(C)cc1NN. The number of hydrazine groups is 1. The minimum absolute atomic E-state index is 0.00361. The van der Waals surface area contributed by atoms with E-state index in [9.17, 15) is 4.79 Å². The van der Waals surface area contributed by atoms with Crippen LogP contribution in [0, 0.1) is 6.92 Å². The van der Waals surface area contributed by atoms with Crippen LogP contribution in [0.5, 0.6) is 0 Å². The number of amides is 1. The van der Waals surface area contributed by atoms with Crippen LogP contribution in [0.2, 0.25) is 0 Å². The van der Waals surface area contributed by atoms with Crippen molar-refractivity contribution in [1.82, 2.24) is 4.90 Å². The summed E-state index contributed by atoms with van der Waals surface area (Å²) in [6.45, 7) is 6.15. The molecule has 0 saturated carbocycles. The van der Waals surface area contributed by atoms with Gasteiger partial charge in [0.05, 0.1) is 11.3 Å². The molecule has 0 aliphatic heterocycles. The molecule has 1 rings (SSSR count). The van der Waals surface area contributed by atoms with Crippen LogP contribution in [0.3, 0.4) is 0 Å². The molecule has 0 heterocycles. The van der Waals surface area contributed by atoms with Crippen molar-refractivity contribution in [3.63, 3.8) is 0 Å². The summed E-state index contributed by atoms with van der Waals surface area (Å²) in [4.78, 5) is 14.2. The van der Waals surface area contributed by atoms with Gasteiger partial charge in [-0.25, -0.2) is 0 Å². The van der Waals surface area contributed by atoms with Crippen molar-refractivity contribution >= 4 is 11.6 Å². The Bertz CT molecular complexity index is 418. The highest BCUT2D eigenvalue weighted by molar-refractivity contribution is 5.99. The molecule has 0 fully saturated rings. The van der Waals surface area contributed by atoms with Crippen LogP contribution in [0.25, 0.3) is 0 Å². The van der Waals surface area contributed by atoms with E-state index in [2.05, 4.69) is 19.3 Å². The Kier molecular flexibility index (Phi) is 5.16. The van der Waals surface area contributed by atoms with Gasteiger partial charge in [-0.15, -0.1) is 0 Å². The highest BCUT2D eigenvalue weighted by Crippen LogP contribution is 2.19. The van der Waals surface area contributed by atoms with Crippen molar-refractivity contribution in [3.05, 3.63) is 29.3 Å². The highest BCUT2D eigenvalue weighted by atomic mass is 16.2. The van der Waals surface area contributed by atoms with Gasteiger partial charge in [-0.1, -0.05) is 19.4 Å². The lowest BCUT2D eigenvalue weighted by Crippen LogP contribution is -2.35. The van der Waals surface area contributed by atoms with E-state index in [4.69, 9.17) is 5.84 Å². The summed E-state index contributed by atoms with van der Waals surface area (Å²) in [5.41, 5.74) is 4.96. The van der Waals surface area contributed by atoms with Crippen LogP contribution < -0.4 is 11.3 Å². The Morgan fingerprint density at radius 1 is 1.50 bits per heavy atom. The molecule has 0 radical (unpaired) electrons. The number of nitrogens with two attached hydrogens (primary N) is 1. The van der Waals surface area contributed by atoms with E-state index >= 15 is 0 Å². The molecule has 4 nitrogen and oxygen atoms in total. The molecule has 1 aromatic rings. The molecule has 1 aromatic carbocycles. The number of carbonyl (C=O) groups is 1. The number of anilines is 1. The summed E-state index contributed by atoms with van der Waals surface area (Å²) >= 11 is 0. The second kappa shape index (κ2) is 6.40. The zero-order valence-electron chi connectivity index (χ0n) is 11.7. The fraction of sp³-hybridized carbons (Fsp3) is 0.500. The molecule has 0 aliphatic rings. The lowest BCUT2D eigenvalue weighted by atomic mass is 10.1. The van der Waals surface area contributed by atoms with Gasteiger partial charge in [0, 0.05) is 13.1 Å². The van der Waals surface area contributed by atoms with Gasteiger partial charge in [-0.05, 0) is 38.0 Å². The molecular formula is C14H23N3O. The lowest BCUT2D eigenvalue weighted by molar-refractivity contribution is 0.0737. The van der Waals surface area contributed by atoms with Crippen molar-refractivity contribution < 1.29 is 4.79 Å². The Labute approximate surface area is 109 Å². The number of hydrogen-bond donors (Lipinski definition) is 2. The fourth-order valence-corrected chi connectivity index (χ4v) is 1.97. The number of nitrogen functional groups attached to an aromatic ring is 1. The smallest absolute Gasteiger partial charge is 0.255 e. The van der Waals surface area contributed by atoms with Gasteiger partial charge < -0.3 is 10.3 Å². The van der Waals surface area contributed by atoms with Gasteiger partial charge in [0.15, 0.2) is 0 Å². The van der Waals surface area contributed by atoms with E-state index in [0.29, 0.717) is 11.3 Å². The number of rotatable bonds is 5. The zero-order valence-corrected chi connectivity index (χ0v) is 11.7. The molecule has 0 aliphatic carbocycles. The molecular weight excluding hydrogens is 226 g/mol. The van der Waals surface area contributed by atoms with Crippen molar-refractivity contribution in [3.8, 4) is 0 Å². The quantitative estimate of drug-likeness (QED) is 0.623. The van der Waals surface area contributed by atoms with Gasteiger partial charge in [-0.2, -0.15) is 0 Å². The third-order valence-corrected chi connectivity index (χ3v) is 3.25. The van der Waals surface area contributed by atoms with Gasteiger partial charge >= 0.3 is 0 Å². The maximum atomic E-state index is 12.4. The first-order valence-electron chi connectivity index (χ1n) is 6.35. The topological polar surface area (TPSA) is 58.4 Å². The van der Waals surface area contributed by atoms with E-state index < -0.39 is 0 Å². The van der Waals surface area contributed by atoms with Crippen LogP contribution in [-0.2, 0) is 0 Å². The van der Waals surface area contributed by atoms with Crippen molar-refractivity contribution in [1.29, 1.82) is 0 Å². The minimum atomic E-state index is 0.00361. The Morgan fingerprint density at radius 3 is 2.72 bits per heavy atom. The number of aryl methyl sites for hydroxylation is 1. The zero-order chi connectivity index (χ0) is 13.7. The molecule has 1 atom stereocenters. The molecule has 0 bridgehead atoms. The first-order chi connectivity index (χ1) is 8.51. The third kappa shape index (κ3) is 3.23. The summed E-state index contributed by atoms with van der Waals surface area (Å²) in [6.07, 6.45) is 2.06. The number of hydrogen-bond acceptors (Lipinski definition) is 3. The van der Waals surface area contributed by atoms with Crippen molar-refractivity contribution in [2.24, 2.45) is 5.84 Å². The molecule has 100 valence electrons. The summed E-state index contributed by atoms with van der Waals surface area (Å²) in [5, 5.41) is 0. The van der Waals surface area contributed by atoms with Crippen LogP contribution in [-0.4, -0.2) is 23.9 Å². The van der Waals surface area contributed by atoms with Crippen LogP contribution in [0.15, 0.2) is 18.2 Å². The van der Waals surface area contributed by atoms with E-state index in [0.717, 1.165) is 18.4 Å². The van der Waals surface area contributed by atoms with Gasteiger partial charge in [0.25, 0.3) is 5.91 Å². The van der Waals surface area contributed by atoms with E-state index in [-0.39, 0.29) is 11.9 Å². The molecule has 4 heteroatoms. The Morgan fingerprint density at radius 2 is 2.17 bits per heavy atom. The molecule has 0 aromatic heterocycles. The standard InChI is InChI=1S/C14H23N3O/c1-5-6-11(3)17(4)14(18)12-8-7-10(2)9-13(12)16-15/h7-9,11,16H,5-6,15H2,1-4H3. The summed E-state index contributed by atoms with van der Waals surface area (Å²) in [5.74, 6) is 5.48. The predicted octanol–water partition coefficient (Wildman–Crippen LogP) is 2.54. The normalized spacial score (nSPS) is 12.1. The first kappa shape index (κ1) is 14.5. The lowest BCUT2D eigenvalue weighted by Gasteiger charge is -2.25. The van der Waals surface area contributed by atoms with E-state index in [1.165, 1.54) is 0 Å². The average molecular weight is 249 g/mol. The average Bonchev–Trinajstić information content (AvgIpc) is 2.37. The number of benzene rings is 1. The molecule has 3 N–H and O–H groups in total. The largest absolute Gasteiger partial charge is 0.339 e. The minimum Gasteiger partial charge on any atom is -0.339 e. The second-order valence-electron chi connectivity index (χ2n) is 4.75. The van der Waals surface area contributed by atoms with Gasteiger partial charge in [-0.3, -0.25) is 10.6 Å². The molecule has 1 unspecified atom stereocenters. The van der Waals surface area contributed by atoms with Crippen molar-refractivity contribution in [2.45, 2.75) is 39.7 Å². The predicted molar refractivity (Wildman–Crippen MR) is 75.5 cm³/mol. The van der Waals surface area contributed by atoms with Crippen LogP contribution in [0.4, 0.5) is 5.69 Å². The van der Waals surface area contributed by atoms with Crippen molar-refractivity contribution in [2.75, 3.05) is 12.5 Å². The maximum Gasteiger partial charge on any atom is 0.255 e. The first-order valence-corrected chi connectivity index (χ1v) is 6.35. The van der Waals surface area contributed by atoms with E-state index in [1.54, 1.807) is 4.90 Å². The monoisotopic (exact) mass is 249 g/mol. The van der Waals surface area contributed by atoms with Gasteiger partial charge in [0.2, 0.25) is 0 Å². The molecule has 1 amide bonds. The van der Waals surface area contributed by atoms with E-state index in [1.807, 2.05) is 32.2 Å².